The van der Waals surface area contributed by atoms with Crippen LogP contribution in [-0.4, -0.2) is 58.0 Å². The fourth-order valence-electron chi connectivity index (χ4n) is 3.68. The molecule has 5 nitrogen and oxygen atoms in total. The Kier molecular flexibility index (Phi) is 2.57. The van der Waals surface area contributed by atoms with Crippen LogP contribution < -0.4 is 0 Å². The maximum atomic E-state index is 12.8. The van der Waals surface area contributed by atoms with Crippen LogP contribution in [0.25, 0.3) is 5.52 Å². The first-order valence-electron chi connectivity index (χ1n) is 7.16. The number of carbonyl (C=O) groups excluding carboxylic acids is 1. The molecule has 0 radical (unpaired) electrons. The van der Waals surface area contributed by atoms with E-state index in [2.05, 4.69) is 21.9 Å². The van der Waals surface area contributed by atoms with E-state index in [0.717, 1.165) is 37.1 Å². The average Bonchev–Trinajstić information content (AvgIpc) is 3.10. The van der Waals surface area contributed by atoms with E-state index in [1.807, 2.05) is 24.4 Å². The zero-order valence-electron chi connectivity index (χ0n) is 11.6. The molecule has 0 N–H and O–H groups in total. The molecule has 2 aromatic heterocycles. The number of carbonyl (C=O) groups is 1. The van der Waals surface area contributed by atoms with E-state index >= 15 is 0 Å². The molecule has 0 aromatic carbocycles. The van der Waals surface area contributed by atoms with Gasteiger partial charge in [-0.2, -0.15) is 5.10 Å². The molecule has 4 rings (SSSR count). The van der Waals surface area contributed by atoms with E-state index in [0.29, 0.717) is 12.0 Å². The zero-order valence-corrected chi connectivity index (χ0v) is 11.6. The molecule has 2 fully saturated rings. The maximum absolute atomic E-state index is 12.8. The number of hydrogen-bond acceptors (Lipinski definition) is 3. The molecule has 20 heavy (non-hydrogen) atoms. The minimum atomic E-state index is 0.133. The Hall–Kier alpha value is -1.88. The van der Waals surface area contributed by atoms with Crippen molar-refractivity contribution < 1.29 is 4.79 Å². The molecule has 2 aliphatic heterocycles. The molecule has 0 bridgehead atoms. The Morgan fingerprint density at radius 2 is 2.25 bits per heavy atom. The number of nitrogens with zero attached hydrogens (tertiary/aromatic N) is 4. The zero-order chi connectivity index (χ0) is 13.7. The van der Waals surface area contributed by atoms with Gasteiger partial charge in [-0.15, -0.1) is 0 Å². The quantitative estimate of drug-likeness (QED) is 0.779. The summed E-state index contributed by atoms with van der Waals surface area (Å²) >= 11 is 0. The number of likely N-dealkylation sites (N-methyl/N-ethyl adjacent to an activating group) is 1. The largest absolute Gasteiger partial charge is 0.334 e. The van der Waals surface area contributed by atoms with E-state index in [4.69, 9.17) is 0 Å². The summed E-state index contributed by atoms with van der Waals surface area (Å²) in [6, 6.07) is 6.20. The molecule has 0 saturated carbocycles. The second-order valence-electron chi connectivity index (χ2n) is 5.92. The third kappa shape index (κ3) is 1.66. The first kappa shape index (κ1) is 11.9. The summed E-state index contributed by atoms with van der Waals surface area (Å²) in [6.07, 6.45) is 4.70. The Labute approximate surface area is 117 Å². The van der Waals surface area contributed by atoms with Crippen molar-refractivity contribution >= 4 is 11.4 Å². The Bertz CT molecular complexity index is 665. The highest BCUT2D eigenvalue weighted by Crippen LogP contribution is 2.32. The number of hydrogen-bond donors (Lipinski definition) is 0. The van der Waals surface area contributed by atoms with E-state index in [-0.39, 0.29) is 5.91 Å². The lowest BCUT2D eigenvalue weighted by Gasteiger charge is -2.23. The molecule has 4 heterocycles. The molecular weight excluding hydrogens is 252 g/mol. The van der Waals surface area contributed by atoms with E-state index in [1.54, 1.807) is 10.7 Å². The molecule has 0 unspecified atom stereocenters. The third-order valence-corrected chi connectivity index (χ3v) is 4.65. The van der Waals surface area contributed by atoms with Gasteiger partial charge in [0.2, 0.25) is 0 Å². The van der Waals surface area contributed by atoms with Gasteiger partial charge in [0.25, 0.3) is 5.91 Å². The average molecular weight is 270 g/mol. The normalized spacial score (nSPS) is 26.4. The second kappa shape index (κ2) is 4.31. The van der Waals surface area contributed by atoms with Crippen LogP contribution in [0.15, 0.2) is 30.6 Å². The molecule has 0 aliphatic carbocycles. The highest BCUT2D eigenvalue weighted by Gasteiger charge is 2.42. The van der Waals surface area contributed by atoms with Crippen molar-refractivity contribution in [3.63, 3.8) is 0 Å². The molecule has 5 heteroatoms. The summed E-state index contributed by atoms with van der Waals surface area (Å²) < 4.78 is 1.77. The summed E-state index contributed by atoms with van der Waals surface area (Å²) in [7, 11) is 2.14. The molecule has 2 saturated heterocycles. The predicted octanol–water partition coefficient (Wildman–Crippen LogP) is 1.11. The topological polar surface area (TPSA) is 40.8 Å². The SMILES string of the molecule is CN1C[C@@H]2CCN(C(=O)c3cnn4ccccc34)[C@@H]2C1. The molecule has 2 aliphatic rings. The van der Waals surface area contributed by atoms with Crippen LogP contribution in [0.4, 0.5) is 0 Å². The first-order valence-corrected chi connectivity index (χ1v) is 7.16. The van der Waals surface area contributed by atoms with Crippen LogP contribution in [0.2, 0.25) is 0 Å². The number of likely N-dealkylation sites (tertiary alicyclic amines) is 2. The van der Waals surface area contributed by atoms with Gasteiger partial charge < -0.3 is 9.80 Å². The summed E-state index contributed by atoms with van der Waals surface area (Å²) in [5.41, 5.74) is 1.62. The van der Waals surface area contributed by atoms with Gasteiger partial charge in [-0.25, -0.2) is 4.52 Å². The fraction of sp³-hybridized carbons (Fsp3) is 0.467. The number of fused-ring (bicyclic) bond motifs is 2. The lowest BCUT2D eigenvalue weighted by Crippen LogP contribution is -2.39. The summed E-state index contributed by atoms with van der Waals surface area (Å²) in [5.74, 6) is 0.778. The van der Waals surface area contributed by atoms with Gasteiger partial charge in [0.05, 0.1) is 17.3 Å². The van der Waals surface area contributed by atoms with Crippen LogP contribution >= 0.6 is 0 Å². The number of pyridine rings is 1. The molecule has 0 spiro atoms. The summed E-state index contributed by atoms with van der Waals surface area (Å²) in [5, 5.41) is 4.27. The monoisotopic (exact) mass is 270 g/mol. The molecular formula is C15H18N4O. The van der Waals surface area contributed by atoms with Crippen LogP contribution in [0, 0.1) is 5.92 Å². The molecule has 1 amide bonds. The van der Waals surface area contributed by atoms with Gasteiger partial charge in [0.1, 0.15) is 0 Å². The van der Waals surface area contributed by atoms with Crippen molar-refractivity contribution in [3.05, 3.63) is 36.2 Å². The van der Waals surface area contributed by atoms with Crippen LogP contribution in [0.1, 0.15) is 16.8 Å². The summed E-state index contributed by atoms with van der Waals surface area (Å²) in [4.78, 5) is 17.2. The van der Waals surface area contributed by atoms with Gasteiger partial charge in [-0.3, -0.25) is 4.79 Å². The van der Waals surface area contributed by atoms with Gasteiger partial charge in [0.15, 0.2) is 0 Å². The van der Waals surface area contributed by atoms with Crippen LogP contribution in [0.5, 0.6) is 0 Å². The third-order valence-electron chi connectivity index (χ3n) is 4.65. The Morgan fingerprint density at radius 1 is 1.35 bits per heavy atom. The van der Waals surface area contributed by atoms with Crippen LogP contribution in [-0.2, 0) is 0 Å². The van der Waals surface area contributed by atoms with Gasteiger partial charge in [-0.05, 0) is 31.5 Å². The van der Waals surface area contributed by atoms with Crippen molar-refractivity contribution in [2.24, 2.45) is 5.92 Å². The number of amides is 1. The minimum absolute atomic E-state index is 0.133. The smallest absolute Gasteiger partial charge is 0.257 e. The highest BCUT2D eigenvalue weighted by atomic mass is 16.2. The lowest BCUT2D eigenvalue weighted by atomic mass is 10.0. The number of aromatic nitrogens is 2. The Balaban J connectivity index is 1.67. The van der Waals surface area contributed by atoms with Crippen molar-refractivity contribution in [2.75, 3.05) is 26.7 Å². The van der Waals surface area contributed by atoms with Crippen molar-refractivity contribution in [3.8, 4) is 0 Å². The summed E-state index contributed by atoms with van der Waals surface area (Å²) in [6.45, 7) is 2.99. The minimum Gasteiger partial charge on any atom is -0.334 e. The fourth-order valence-corrected chi connectivity index (χ4v) is 3.68. The van der Waals surface area contributed by atoms with E-state index < -0.39 is 0 Å². The van der Waals surface area contributed by atoms with Crippen molar-refractivity contribution in [2.45, 2.75) is 12.5 Å². The van der Waals surface area contributed by atoms with Gasteiger partial charge in [0, 0.05) is 31.9 Å². The number of rotatable bonds is 1. The Morgan fingerprint density at radius 3 is 3.15 bits per heavy atom. The molecule has 2 atom stereocenters. The van der Waals surface area contributed by atoms with Gasteiger partial charge >= 0.3 is 0 Å². The van der Waals surface area contributed by atoms with E-state index in [9.17, 15) is 4.79 Å². The second-order valence-corrected chi connectivity index (χ2v) is 5.92. The van der Waals surface area contributed by atoms with Gasteiger partial charge in [-0.1, -0.05) is 6.07 Å². The van der Waals surface area contributed by atoms with Crippen molar-refractivity contribution in [1.29, 1.82) is 0 Å². The van der Waals surface area contributed by atoms with Crippen molar-refractivity contribution in [1.82, 2.24) is 19.4 Å². The lowest BCUT2D eigenvalue weighted by molar-refractivity contribution is 0.0731. The first-order chi connectivity index (χ1) is 9.74. The molecule has 2 aromatic rings. The standard InChI is InChI=1S/C15H18N4O/c1-17-9-11-5-7-18(14(11)10-17)15(20)12-8-16-19-6-3-2-4-13(12)19/h2-4,6,8,11,14H,5,7,9-10H2,1H3/t11-,14+/m0/s1. The van der Waals surface area contributed by atoms with E-state index in [1.165, 1.54) is 0 Å². The molecule has 104 valence electrons. The highest BCUT2D eigenvalue weighted by molar-refractivity contribution is 6.00. The maximum Gasteiger partial charge on any atom is 0.257 e. The van der Waals surface area contributed by atoms with Crippen LogP contribution in [0.3, 0.4) is 0 Å². The predicted molar refractivity (Wildman–Crippen MR) is 75.6 cm³/mol.